The monoisotopic (exact) mass is 401 g/mol. The third kappa shape index (κ3) is 3.86. The molecular weight excluding hydrogens is 378 g/mol. The van der Waals surface area contributed by atoms with Crippen molar-refractivity contribution in [2.75, 3.05) is 17.7 Å². The first-order valence-corrected chi connectivity index (χ1v) is 9.32. The molecule has 2 aromatic heterocycles. The maximum absolute atomic E-state index is 12.7. The summed E-state index contributed by atoms with van der Waals surface area (Å²) in [5, 5.41) is 0. The molecule has 0 fully saturated rings. The Hall–Kier alpha value is -3.56. The lowest BCUT2D eigenvalue weighted by Crippen LogP contribution is -2.39. The largest absolute Gasteiger partial charge is 0.419 e. The summed E-state index contributed by atoms with van der Waals surface area (Å²) in [6.07, 6.45) is 1.47. The van der Waals surface area contributed by atoms with Crippen LogP contribution in [0.2, 0.25) is 0 Å². The van der Waals surface area contributed by atoms with Gasteiger partial charge in [0.15, 0.2) is 11.3 Å². The summed E-state index contributed by atoms with van der Waals surface area (Å²) < 4.78 is 7.76. The Balaban J connectivity index is 1.85. The highest BCUT2D eigenvalue weighted by molar-refractivity contribution is 5.95. The van der Waals surface area contributed by atoms with Crippen LogP contribution in [0.4, 0.5) is 11.5 Å². The topological polar surface area (TPSA) is 136 Å². The van der Waals surface area contributed by atoms with E-state index in [9.17, 15) is 19.2 Å². The minimum atomic E-state index is -0.734. The van der Waals surface area contributed by atoms with Crippen molar-refractivity contribution in [1.29, 1.82) is 0 Å². The number of nitrogens with one attached hydrogen (secondary N) is 1. The van der Waals surface area contributed by atoms with Gasteiger partial charge in [0.05, 0.1) is 5.52 Å². The van der Waals surface area contributed by atoms with E-state index in [1.54, 1.807) is 24.3 Å². The van der Waals surface area contributed by atoms with E-state index in [0.717, 1.165) is 11.3 Å². The van der Waals surface area contributed by atoms with Crippen LogP contribution in [-0.2, 0) is 17.9 Å². The van der Waals surface area contributed by atoms with Crippen LogP contribution in [0.25, 0.3) is 11.1 Å². The standard InChI is InChI=1S/C19H23N5O5/c1-3-4-10-24-16(20)15(17(26)21-18(24)27)22(2)14(25)9-11-23-12-7-5-6-8-13(12)29-19(23)28/h5-8H,3-4,9-11,20H2,1-2H3,(H,21,26,27). The average molecular weight is 401 g/mol. The van der Waals surface area contributed by atoms with Crippen LogP contribution in [0.3, 0.4) is 0 Å². The smallest absolute Gasteiger partial charge is 0.408 e. The summed E-state index contributed by atoms with van der Waals surface area (Å²) in [6.45, 7) is 2.38. The predicted octanol–water partition coefficient (Wildman–Crippen LogP) is 0.880. The van der Waals surface area contributed by atoms with Gasteiger partial charge in [-0.3, -0.25) is 23.7 Å². The lowest BCUT2D eigenvalue weighted by Gasteiger charge is -2.20. The summed E-state index contributed by atoms with van der Waals surface area (Å²) in [7, 11) is 1.41. The molecular formula is C19H23N5O5. The molecule has 3 aromatic rings. The fourth-order valence-corrected chi connectivity index (χ4v) is 3.17. The highest BCUT2D eigenvalue weighted by atomic mass is 16.4. The van der Waals surface area contributed by atoms with Crippen molar-refractivity contribution in [2.45, 2.75) is 39.3 Å². The number of benzene rings is 1. The number of anilines is 2. The molecule has 0 aliphatic carbocycles. The van der Waals surface area contributed by atoms with Gasteiger partial charge in [0.1, 0.15) is 5.82 Å². The Morgan fingerprint density at radius 1 is 1.17 bits per heavy atom. The molecule has 0 radical (unpaired) electrons. The Kier molecular flexibility index (Phi) is 5.71. The zero-order chi connectivity index (χ0) is 21.1. The highest BCUT2D eigenvalue weighted by Gasteiger charge is 2.21. The van der Waals surface area contributed by atoms with Gasteiger partial charge < -0.3 is 15.1 Å². The van der Waals surface area contributed by atoms with Gasteiger partial charge >= 0.3 is 11.4 Å². The van der Waals surface area contributed by atoms with Gasteiger partial charge in [0.2, 0.25) is 5.91 Å². The Morgan fingerprint density at radius 3 is 2.62 bits per heavy atom. The fourth-order valence-electron chi connectivity index (χ4n) is 3.17. The van der Waals surface area contributed by atoms with E-state index in [0.29, 0.717) is 24.1 Å². The van der Waals surface area contributed by atoms with Crippen LogP contribution in [-0.4, -0.2) is 27.1 Å². The Labute approximate surface area is 165 Å². The van der Waals surface area contributed by atoms with Crippen molar-refractivity contribution >= 4 is 28.5 Å². The van der Waals surface area contributed by atoms with E-state index in [1.165, 1.54) is 16.2 Å². The van der Waals surface area contributed by atoms with E-state index in [-0.39, 0.29) is 24.5 Å². The van der Waals surface area contributed by atoms with Gasteiger partial charge in [0.25, 0.3) is 5.56 Å². The number of carbonyl (C=O) groups is 1. The van der Waals surface area contributed by atoms with Gasteiger partial charge in [-0.2, -0.15) is 0 Å². The van der Waals surface area contributed by atoms with Crippen molar-refractivity contribution in [3.63, 3.8) is 0 Å². The number of oxazole rings is 1. The number of nitrogens with zero attached hydrogens (tertiary/aromatic N) is 3. The summed E-state index contributed by atoms with van der Waals surface area (Å²) in [5.41, 5.74) is 5.62. The number of amides is 1. The van der Waals surface area contributed by atoms with Crippen LogP contribution >= 0.6 is 0 Å². The van der Waals surface area contributed by atoms with Crippen LogP contribution in [0.5, 0.6) is 0 Å². The second-order valence-corrected chi connectivity index (χ2v) is 6.69. The quantitative estimate of drug-likeness (QED) is 0.603. The molecule has 0 aliphatic heterocycles. The Morgan fingerprint density at radius 2 is 1.90 bits per heavy atom. The van der Waals surface area contributed by atoms with E-state index in [2.05, 4.69) is 4.98 Å². The number of carbonyl (C=O) groups excluding carboxylic acids is 1. The van der Waals surface area contributed by atoms with Crippen molar-refractivity contribution in [1.82, 2.24) is 14.1 Å². The molecule has 0 spiro atoms. The number of fused-ring (bicyclic) bond motifs is 1. The van der Waals surface area contributed by atoms with Crippen molar-refractivity contribution in [3.05, 3.63) is 55.7 Å². The van der Waals surface area contributed by atoms with E-state index < -0.39 is 22.9 Å². The molecule has 0 saturated carbocycles. The molecule has 3 N–H and O–H groups in total. The second kappa shape index (κ2) is 8.21. The molecule has 0 atom stereocenters. The first kappa shape index (κ1) is 20.2. The van der Waals surface area contributed by atoms with Gasteiger partial charge in [-0.1, -0.05) is 25.5 Å². The number of unbranched alkanes of at least 4 members (excludes halogenated alkanes) is 1. The van der Waals surface area contributed by atoms with Crippen LogP contribution in [0.15, 0.2) is 43.1 Å². The summed E-state index contributed by atoms with van der Waals surface area (Å²) in [4.78, 5) is 52.4. The number of nitrogens with two attached hydrogens (primary N) is 1. The molecule has 1 amide bonds. The maximum atomic E-state index is 12.7. The maximum Gasteiger partial charge on any atom is 0.419 e. The molecule has 10 nitrogen and oxygen atoms in total. The van der Waals surface area contributed by atoms with Gasteiger partial charge in [-0.05, 0) is 18.6 Å². The number of nitrogen functional groups attached to an aromatic ring is 1. The molecule has 1 aromatic carbocycles. The van der Waals surface area contributed by atoms with E-state index in [4.69, 9.17) is 10.2 Å². The lowest BCUT2D eigenvalue weighted by atomic mass is 10.3. The lowest BCUT2D eigenvalue weighted by molar-refractivity contribution is -0.118. The van der Waals surface area contributed by atoms with Gasteiger partial charge in [-0.25, -0.2) is 9.59 Å². The van der Waals surface area contributed by atoms with Crippen LogP contribution in [0.1, 0.15) is 26.2 Å². The number of aromatic amines is 1. The normalized spacial score (nSPS) is 11.1. The van der Waals surface area contributed by atoms with Crippen LogP contribution < -0.4 is 27.6 Å². The van der Waals surface area contributed by atoms with E-state index >= 15 is 0 Å². The van der Waals surface area contributed by atoms with E-state index in [1.807, 2.05) is 6.92 Å². The third-order valence-electron chi connectivity index (χ3n) is 4.78. The predicted molar refractivity (Wildman–Crippen MR) is 109 cm³/mol. The Bertz CT molecular complexity index is 1220. The third-order valence-corrected chi connectivity index (χ3v) is 4.78. The molecule has 10 heteroatoms. The van der Waals surface area contributed by atoms with Crippen molar-refractivity contribution < 1.29 is 9.21 Å². The zero-order valence-corrected chi connectivity index (χ0v) is 16.3. The molecule has 2 heterocycles. The molecule has 3 rings (SSSR count). The molecule has 0 saturated heterocycles. The number of H-pyrrole nitrogens is 1. The van der Waals surface area contributed by atoms with Crippen LogP contribution in [0, 0.1) is 0 Å². The number of hydrogen-bond donors (Lipinski definition) is 2. The average Bonchev–Trinajstić information content (AvgIpc) is 3.00. The summed E-state index contributed by atoms with van der Waals surface area (Å²) >= 11 is 0. The van der Waals surface area contributed by atoms with Crippen molar-refractivity contribution in [3.8, 4) is 0 Å². The number of rotatable bonds is 7. The number of hydrogen-bond acceptors (Lipinski definition) is 6. The number of aryl methyl sites for hydroxylation is 1. The number of para-hydroxylation sites is 2. The zero-order valence-electron chi connectivity index (χ0n) is 16.3. The highest BCUT2D eigenvalue weighted by Crippen LogP contribution is 2.17. The SMILES string of the molecule is CCCCn1c(N)c(N(C)C(=O)CCn2c(=O)oc3ccccc32)c(=O)[nH]c1=O. The van der Waals surface area contributed by atoms with Crippen molar-refractivity contribution in [2.24, 2.45) is 0 Å². The fraction of sp³-hybridized carbons (Fsp3) is 0.368. The molecule has 0 unspecified atom stereocenters. The van der Waals surface area contributed by atoms with Gasteiger partial charge in [-0.15, -0.1) is 0 Å². The van der Waals surface area contributed by atoms with Gasteiger partial charge in [0, 0.05) is 26.6 Å². The molecule has 29 heavy (non-hydrogen) atoms. The first-order valence-electron chi connectivity index (χ1n) is 9.32. The first-order chi connectivity index (χ1) is 13.8. The summed E-state index contributed by atoms with van der Waals surface area (Å²) in [5.74, 6) is -1.05. The second-order valence-electron chi connectivity index (χ2n) is 6.69. The molecule has 0 bridgehead atoms. The minimum absolute atomic E-state index is 0.0611. The summed E-state index contributed by atoms with van der Waals surface area (Å²) in [6, 6.07) is 6.90. The molecule has 154 valence electrons. The minimum Gasteiger partial charge on any atom is -0.408 e. The molecule has 0 aliphatic rings. The number of aromatic nitrogens is 3.